The fraction of sp³-hybridized carbons (Fsp3) is 1.00. The van der Waals surface area contributed by atoms with Gasteiger partial charge in [0.05, 0.1) is 0 Å². The molecular formula is C44H95N7. The molecule has 0 radical (unpaired) electrons. The Morgan fingerprint density at radius 3 is 1.00 bits per heavy atom. The minimum absolute atomic E-state index is 0. The van der Waals surface area contributed by atoms with Crippen molar-refractivity contribution in [1.29, 1.82) is 0 Å². The van der Waals surface area contributed by atoms with Gasteiger partial charge in [0.2, 0.25) is 0 Å². The Hall–Kier alpha value is -0.280. The molecule has 0 aromatic heterocycles. The molecule has 0 aromatic rings. The summed E-state index contributed by atoms with van der Waals surface area (Å²) in [4.78, 5) is 18.0. The second-order valence-electron chi connectivity index (χ2n) is 21.4. The maximum atomic E-state index is 2.68. The maximum absolute atomic E-state index is 2.68. The standard InChI is InChI=1S/C12H24N2.C11H24N2.C10H22N2.C10H21N.CH4/c1-12(2,3)10-13-6-8-14(9-7-13)11-4-5-11;1-5-12-6-8-13(9-7-12)10-11(2,3)4;1-10(2,3)9-12-7-5-11(4)6-8-12;1-10(2,3)9-11-7-5-4-6-8-11;/h11H,4-10H2,1-3H3;5-10H2,1-4H3;5-9H2,1-4H3;4-9H2,1-3H3;1H4. The molecule has 4 saturated heterocycles. The Morgan fingerprint density at radius 2 is 0.686 bits per heavy atom. The predicted molar refractivity (Wildman–Crippen MR) is 228 cm³/mol. The van der Waals surface area contributed by atoms with Gasteiger partial charge < -0.3 is 29.4 Å². The highest BCUT2D eigenvalue weighted by atomic mass is 15.3. The van der Waals surface area contributed by atoms with Gasteiger partial charge in [-0.3, -0.25) is 4.90 Å². The molecule has 0 unspecified atom stereocenters. The van der Waals surface area contributed by atoms with Crippen molar-refractivity contribution in [1.82, 2.24) is 34.3 Å². The fourth-order valence-electron chi connectivity index (χ4n) is 7.80. The third-order valence-corrected chi connectivity index (χ3v) is 10.2. The zero-order chi connectivity index (χ0) is 37.6. The first-order chi connectivity index (χ1) is 23.1. The molecule has 0 bridgehead atoms. The Kier molecular flexibility index (Phi) is 21.9. The number of hydrogen-bond donors (Lipinski definition) is 0. The summed E-state index contributed by atoms with van der Waals surface area (Å²) in [6, 6.07) is 0.965. The first-order valence-electron chi connectivity index (χ1n) is 21.2. The number of rotatable bonds is 6. The van der Waals surface area contributed by atoms with Gasteiger partial charge in [0.25, 0.3) is 0 Å². The summed E-state index contributed by atoms with van der Waals surface area (Å²) in [5.74, 6) is 0. The highest BCUT2D eigenvalue weighted by Crippen LogP contribution is 2.28. The highest BCUT2D eigenvalue weighted by molar-refractivity contribution is 4.88. The molecule has 1 aliphatic carbocycles. The van der Waals surface area contributed by atoms with Crippen LogP contribution in [0.4, 0.5) is 0 Å². The molecule has 0 atom stereocenters. The van der Waals surface area contributed by atoms with Crippen LogP contribution in [-0.2, 0) is 0 Å². The number of nitrogens with zero attached hydrogens (tertiary/aromatic N) is 7. The Bertz CT molecular complexity index is 846. The second kappa shape index (κ2) is 22.9. The SMILES string of the molecule is C.CC(C)(C)CN1CCCCC1.CC(C)(C)CN1CCN(C2CC2)CC1.CCN1CCN(CC(C)(C)C)CC1.CN1CCN(CC(C)(C)C)CC1. The van der Waals surface area contributed by atoms with Crippen molar-refractivity contribution >= 4 is 0 Å². The highest BCUT2D eigenvalue weighted by Gasteiger charge is 2.32. The van der Waals surface area contributed by atoms with E-state index < -0.39 is 0 Å². The van der Waals surface area contributed by atoms with Gasteiger partial charge in [-0.2, -0.15) is 0 Å². The third-order valence-electron chi connectivity index (χ3n) is 10.2. The van der Waals surface area contributed by atoms with E-state index in [2.05, 4.69) is 131 Å². The van der Waals surface area contributed by atoms with E-state index in [0.29, 0.717) is 21.7 Å². The van der Waals surface area contributed by atoms with E-state index in [0.717, 1.165) is 6.04 Å². The lowest BCUT2D eigenvalue weighted by molar-refractivity contribution is 0.0980. The number of likely N-dealkylation sites (N-methyl/N-ethyl adjacent to an activating group) is 2. The van der Waals surface area contributed by atoms with Crippen molar-refractivity contribution < 1.29 is 0 Å². The van der Waals surface area contributed by atoms with Gasteiger partial charge in [-0.05, 0) is 74.0 Å². The van der Waals surface area contributed by atoms with E-state index in [1.807, 2.05) is 0 Å². The molecule has 5 rings (SSSR count). The summed E-state index contributed by atoms with van der Waals surface area (Å²) < 4.78 is 0. The number of likely N-dealkylation sites (tertiary alicyclic amines) is 1. The van der Waals surface area contributed by atoms with E-state index in [4.69, 9.17) is 0 Å². The van der Waals surface area contributed by atoms with Crippen molar-refractivity contribution in [3.63, 3.8) is 0 Å². The van der Waals surface area contributed by atoms with Crippen LogP contribution in [0.15, 0.2) is 0 Å². The summed E-state index contributed by atoms with van der Waals surface area (Å²) in [7, 11) is 2.20. The molecule has 7 heteroatoms. The molecule has 4 aliphatic heterocycles. The first kappa shape index (κ1) is 48.7. The van der Waals surface area contributed by atoms with Crippen LogP contribution in [0.3, 0.4) is 0 Å². The van der Waals surface area contributed by atoms with E-state index >= 15 is 0 Å². The Morgan fingerprint density at radius 1 is 0.392 bits per heavy atom. The largest absolute Gasteiger partial charge is 0.304 e. The molecule has 5 fully saturated rings. The Labute approximate surface area is 322 Å². The molecule has 51 heavy (non-hydrogen) atoms. The molecule has 0 aromatic carbocycles. The zero-order valence-electron chi connectivity index (χ0n) is 36.7. The molecule has 0 spiro atoms. The molecular weight excluding hydrogens is 627 g/mol. The normalized spacial score (nSPS) is 23.2. The fourth-order valence-corrected chi connectivity index (χ4v) is 7.80. The van der Waals surface area contributed by atoms with Crippen LogP contribution in [0, 0.1) is 21.7 Å². The van der Waals surface area contributed by atoms with Crippen molar-refractivity contribution in [3.05, 3.63) is 0 Å². The zero-order valence-corrected chi connectivity index (χ0v) is 36.7. The van der Waals surface area contributed by atoms with E-state index in [9.17, 15) is 0 Å². The van der Waals surface area contributed by atoms with Crippen molar-refractivity contribution in [2.24, 2.45) is 21.7 Å². The van der Waals surface area contributed by atoms with Crippen LogP contribution in [0.5, 0.6) is 0 Å². The lowest BCUT2D eigenvalue weighted by Crippen LogP contribution is -2.49. The maximum Gasteiger partial charge on any atom is 0.0113 e. The van der Waals surface area contributed by atoms with Crippen LogP contribution in [-0.4, -0.2) is 172 Å². The van der Waals surface area contributed by atoms with Crippen LogP contribution in [0.25, 0.3) is 0 Å². The van der Waals surface area contributed by atoms with Crippen molar-refractivity contribution in [2.75, 3.05) is 131 Å². The van der Waals surface area contributed by atoms with E-state index in [-0.39, 0.29) is 7.43 Å². The summed E-state index contributed by atoms with van der Waals surface area (Å²) in [5.41, 5.74) is 1.85. The average Bonchev–Trinajstić information content (AvgIpc) is 3.84. The second-order valence-corrected chi connectivity index (χ2v) is 21.4. The monoisotopic (exact) mass is 722 g/mol. The number of piperazine rings is 3. The third kappa shape index (κ3) is 25.4. The van der Waals surface area contributed by atoms with Crippen LogP contribution in [0.1, 0.15) is 130 Å². The van der Waals surface area contributed by atoms with Gasteiger partial charge in [-0.25, -0.2) is 0 Å². The molecule has 7 nitrogen and oxygen atoms in total. The van der Waals surface area contributed by atoms with E-state index in [1.54, 1.807) is 0 Å². The van der Waals surface area contributed by atoms with Crippen molar-refractivity contribution in [3.8, 4) is 0 Å². The lowest BCUT2D eigenvalue weighted by Gasteiger charge is -2.37. The van der Waals surface area contributed by atoms with Crippen LogP contribution >= 0.6 is 0 Å². The van der Waals surface area contributed by atoms with Gasteiger partial charge in [-0.1, -0.05) is 104 Å². The van der Waals surface area contributed by atoms with Crippen molar-refractivity contribution in [2.45, 2.75) is 136 Å². The molecule has 1 saturated carbocycles. The first-order valence-corrected chi connectivity index (χ1v) is 21.2. The minimum Gasteiger partial charge on any atom is -0.304 e. The summed E-state index contributed by atoms with van der Waals surface area (Å²) in [5, 5.41) is 0. The molecule has 0 N–H and O–H groups in total. The number of hydrogen-bond acceptors (Lipinski definition) is 7. The van der Waals surface area contributed by atoms with Gasteiger partial charge in [0.1, 0.15) is 0 Å². The predicted octanol–water partition coefficient (Wildman–Crippen LogP) is 7.92. The quantitative estimate of drug-likeness (QED) is 0.275. The topological polar surface area (TPSA) is 22.7 Å². The summed E-state index contributed by atoms with van der Waals surface area (Å²) >= 11 is 0. The summed E-state index contributed by atoms with van der Waals surface area (Å²) in [6.07, 6.45) is 7.19. The van der Waals surface area contributed by atoms with Gasteiger partial charge in [-0.15, -0.1) is 0 Å². The van der Waals surface area contributed by atoms with Crippen LogP contribution < -0.4 is 0 Å². The number of piperidine rings is 1. The molecule has 0 amide bonds. The van der Waals surface area contributed by atoms with Gasteiger partial charge >= 0.3 is 0 Å². The Balaban J connectivity index is 0.000000339. The average molecular weight is 722 g/mol. The van der Waals surface area contributed by atoms with E-state index in [1.165, 1.54) is 156 Å². The summed E-state index contributed by atoms with van der Waals surface area (Å²) in [6.45, 7) is 54.1. The smallest absolute Gasteiger partial charge is 0.0113 e. The van der Waals surface area contributed by atoms with Gasteiger partial charge in [0, 0.05) is 111 Å². The molecule has 5 aliphatic rings. The molecule has 4 heterocycles. The van der Waals surface area contributed by atoms with Crippen LogP contribution in [0.2, 0.25) is 0 Å². The molecule has 306 valence electrons. The minimum atomic E-state index is 0. The van der Waals surface area contributed by atoms with Gasteiger partial charge in [0.15, 0.2) is 0 Å². The lowest BCUT2D eigenvalue weighted by atomic mass is 9.95.